The van der Waals surface area contributed by atoms with Gasteiger partial charge in [0.2, 0.25) is 0 Å². The van der Waals surface area contributed by atoms with Crippen LogP contribution in [0.5, 0.6) is 0 Å². The molecule has 0 radical (unpaired) electrons. The molecule has 0 saturated carbocycles. The molecule has 0 atom stereocenters. The Kier molecular flexibility index (Phi) is 3.70. The minimum Gasteiger partial charge on any atom is -0.360 e. The molecule has 6 heteroatoms. The fraction of sp³-hybridized carbons (Fsp3) is 0.267. The Hall–Kier alpha value is -2.21. The first-order valence-corrected chi connectivity index (χ1v) is 7.59. The van der Waals surface area contributed by atoms with Gasteiger partial charge in [-0.25, -0.2) is 4.98 Å². The second-order valence-electron chi connectivity index (χ2n) is 5.07. The fourth-order valence-corrected chi connectivity index (χ4v) is 2.82. The van der Waals surface area contributed by atoms with Crippen LogP contribution in [0.25, 0.3) is 10.2 Å². The lowest BCUT2D eigenvalue weighted by molar-refractivity contribution is 0.0942. The number of hydrogen-bond acceptors (Lipinski definition) is 5. The summed E-state index contributed by atoms with van der Waals surface area (Å²) in [5, 5.41) is 6.67. The Bertz CT molecular complexity index is 776. The highest BCUT2D eigenvalue weighted by Gasteiger charge is 2.14. The van der Waals surface area contributed by atoms with Gasteiger partial charge in [-0.05, 0) is 11.6 Å². The molecule has 0 bridgehead atoms. The van der Waals surface area contributed by atoms with Crippen LogP contribution in [0, 0.1) is 0 Å². The van der Waals surface area contributed by atoms with Crippen molar-refractivity contribution in [2.24, 2.45) is 0 Å². The maximum Gasteiger partial charge on any atom is 0.273 e. The predicted octanol–water partition coefficient (Wildman–Crippen LogP) is 3.34. The van der Waals surface area contributed by atoms with Gasteiger partial charge < -0.3 is 9.84 Å². The summed E-state index contributed by atoms with van der Waals surface area (Å²) in [4.78, 5) is 16.3. The molecule has 21 heavy (non-hydrogen) atoms. The number of carbonyl (C=O) groups is 1. The van der Waals surface area contributed by atoms with E-state index in [-0.39, 0.29) is 11.8 Å². The minimum absolute atomic E-state index is 0.213. The van der Waals surface area contributed by atoms with Crippen molar-refractivity contribution in [3.8, 4) is 0 Å². The third-order valence-electron chi connectivity index (χ3n) is 3.21. The molecule has 3 aromatic rings. The lowest BCUT2D eigenvalue weighted by Gasteiger charge is -2.04. The molecule has 108 valence electrons. The van der Waals surface area contributed by atoms with E-state index in [4.69, 9.17) is 4.52 Å². The number of thiazole rings is 1. The minimum atomic E-state index is -0.229. The second-order valence-corrected chi connectivity index (χ2v) is 5.92. The number of amides is 1. The molecular formula is C15H15N3O2S. The van der Waals surface area contributed by atoms with E-state index in [2.05, 4.69) is 15.5 Å². The van der Waals surface area contributed by atoms with Crippen LogP contribution in [0.1, 0.15) is 41.6 Å². The number of nitrogens with one attached hydrogen (secondary N) is 1. The summed E-state index contributed by atoms with van der Waals surface area (Å²) < 4.78 is 6.24. The quantitative estimate of drug-likeness (QED) is 0.802. The number of carbonyl (C=O) groups excluding carboxylic acids is 1. The lowest BCUT2D eigenvalue weighted by atomic mass is 10.1. The topological polar surface area (TPSA) is 68.0 Å². The van der Waals surface area contributed by atoms with Crippen molar-refractivity contribution in [3.63, 3.8) is 0 Å². The van der Waals surface area contributed by atoms with Crippen molar-refractivity contribution in [3.05, 3.63) is 46.8 Å². The Morgan fingerprint density at radius 3 is 3.05 bits per heavy atom. The lowest BCUT2D eigenvalue weighted by Crippen LogP contribution is -2.23. The van der Waals surface area contributed by atoms with Crippen LogP contribution >= 0.6 is 11.3 Å². The van der Waals surface area contributed by atoms with E-state index >= 15 is 0 Å². The number of nitrogens with zero attached hydrogens (tertiary/aromatic N) is 2. The van der Waals surface area contributed by atoms with Crippen molar-refractivity contribution >= 4 is 27.5 Å². The summed E-state index contributed by atoms with van der Waals surface area (Å²) in [6, 6.07) is 7.58. The first kappa shape index (κ1) is 13.8. The molecule has 2 heterocycles. The summed E-state index contributed by atoms with van der Waals surface area (Å²) in [5.74, 6) is 0.696. The van der Waals surface area contributed by atoms with Crippen LogP contribution in [0.4, 0.5) is 0 Å². The SMILES string of the molecule is CC(C)c1cc(C(=O)NCc2cccc3ncsc23)no1. The van der Waals surface area contributed by atoms with E-state index in [0.29, 0.717) is 18.0 Å². The standard InChI is InChI=1S/C15H15N3O2S/c1-9(2)13-6-12(18-20-13)15(19)16-7-10-4-3-5-11-14(10)21-8-17-11/h3-6,8-9H,7H2,1-2H3,(H,16,19). The highest BCUT2D eigenvalue weighted by atomic mass is 32.1. The van der Waals surface area contributed by atoms with Gasteiger partial charge in [-0.3, -0.25) is 4.79 Å². The van der Waals surface area contributed by atoms with Crippen molar-refractivity contribution in [1.82, 2.24) is 15.5 Å². The average Bonchev–Trinajstić information content (AvgIpc) is 3.13. The maximum atomic E-state index is 12.1. The summed E-state index contributed by atoms with van der Waals surface area (Å²) in [5.41, 5.74) is 4.13. The Morgan fingerprint density at radius 1 is 1.43 bits per heavy atom. The zero-order valence-electron chi connectivity index (χ0n) is 11.8. The summed E-state index contributed by atoms with van der Waals surface area (Å²) in [6.07, 6.45) is 0. The van der Waals surface area contributed by atoms with E-state index in [1.54, 1.807) is 17.4 Å². The van der Waals surface area contributed by atoms with Gasteiger partial charge >= 0.3 is 0 Å². The molecule has 0 saturated heterocycles. The van der Waals surface area contributed by atoms with Crippen molar-refractivity contribution in [2.45, 2.75) is 26.3 Å². The smallest absolute Gasteiger partial charge is 0.273 e. The van der Waals surface area contributed by atoms with Gasteiger partial charge in [-0.15, -0.1) is 11.3 Å². The molecule has 0 unspecified atom stereocenters. The molecule has 0 aliphatic carbocycles. The van der Waals surface area contributed by atoms with Crippen molar-refractivity contribution in [2.75, 3.05) is 0 Å². The molecule has 1 N–H and O–H groups in total. The van der Waals surface area contributed by atoms with Crippen LogP contribution < -0.4 is 5.32 Å². The van der Waals surface area contributed by atoms with Crippen LogP contribution in [-0.2, 0) is 6.54 Å². The summed E-state index contributed by atoms with van der Waals surface area (Å²) in [7, 11) is 0. The van der Waals surface area contributed by atoms with E-state index in [9.17, 15) is 4.79 Å². The third kappa shape index (κ3) is 2.80. The third-order valence-corrected chi connectivity index (χ3v) is 4.13. The summed E-state index contributed by atoms with van der Waals surface area (Å²) >= 11 is 1.57. The highest BCUT2D eigenvalue weighted by Crippen LogP contribution is 2.22. The zero-order valence-corrected chi connectivity index (χ0v) is 12.6. The molecule has 1 amide bonds. The fourth-order valence-electron chi connectivity index (χ4n) is 2.02. The number of fused-ring (bicyclic) bond motifs is 1. The van der Waals surface area contributed by atoms with Crippen LogP contribution in [0.3, 0.4) is 0 Å². The molecule has 3 rings (SSSR count). The molecule has 0 spiro atoms. The average molecular weight is 301 g/mol. The molecule has 1 aromatic carbocycles. The van der Waals surface area contributed by atoms with E-state index in [1.165, 1.54) is 0 Å². The normalized spacial score (nSPS) is 11.2. The van der Waals surface area contributed by atoms with Gasteiger partial charge in [0, 0.05) is 18.5 Å². The van der Waals surface area contributed by atoms with Crippen molar-refractivity contribution < 1.29 is 9.32 Å². The predicted molar refractivity (Wildman–Crippen MR) is 81.4 cm³/mol. The van der Waals surface area contributed by atoms with Crippen LogP contribution in [0.15, 0.2) is 34.3 Å². The number of aromatic nitrogens is 2. The molecular weight excluding hydrogens is 286 g/mol. The van der Waals surface area contributed by atoms with E-state index in [0.717, 1.165) is 15.8 Å². The Balaban J connectivity index is 1.72. The van der Waals surface area contributed by atoms with E-state index < -0.39 is 0 Å². The number of rotatable bonds is 4. The van der Waals surface area contributed by atoms with Crippen LogP contribution in [0.2, 0.25) is 0 Å². The maximum absolute atomic E-state index is 12.1. The van der Waals surface area contributed by atoms with Gasteiger partial charge in [-0.1, -0.05) is 31.1 Å². The van der Waals surface area contributed by atoms with Gasteiger partial charge in [0.05, 0.1) is 15.7 Å². The molecule has 0 aliphatic rings. The first-order valence-electron chi connectivity index (χ1n) is 6.71. The molecule has 0 fully saturated rings. The molecule has 0 aliphatic heterocycles. The van der Waals surface area contributed by atoms with Gasteiger partial charge in [0.25, 0.3) is 5.91 Å². The first-order chi connectivity index (χ1) is 10.1. The number of benzene rings is 1. The van der Waals surface area contributed by atoms with Crippen molar-refractivity contribution in [1.29, 1.82) is 0 Å². The highest BCUT2D eigenvalue weighted by molar-refractivity contribution is 7.16. The monoisotopic (exact) mass is 301 g/mol. The van der Waals surface area contributed by atoms with Gasteiger partial charge in [-0.2, -0.15) is 0 Å². The largest absolute Gasteiger partial charge is 0.360 e. The summed E-state index contributed by atoms with van der Waals surface area (Å²) in [6.45, 7) is 4.43. The van der Waals surface area contributed by atoms with Crippen LogP contribution in [-0.4, -0.2) is 16.0 Å². The zero-order chi connectivity index (χ0) is 14.8. The second kappa shape index (κ2) is 5.65. The van der Waals surface area contributed by atoms with Gasteiger partial charge in [0.1, 0.15) is 5.76 Å². The Labute approximate surface area is 126 Å². The molecule has 5 nitrogen and oxygen atoms in total. The molecule has 2 aromatic heterocycles. The van der Waals surface area contributed by atoms with Gasteiger partial charge in [0.15, 0.2) is 5.69 Å². The van der Waals surface area contributed by atoms with E-state index in [1.807, 2.05) is 37.6 Å². The number of hydrogen-bond donors (Lipinski definition) is 1. The Morgan fingerprint density at radius 2 is 2.29 bits per heavy atom.